The van der Waals surface area contributed by atoms with Gasteiger partial charge in [0, 0.05) is 6.20 Å². The summed E-state index contributed by atoms with van der Waals surface area (Å²) in [6.07, 6.45) is -2.01. The topological polar surface area (TPSA) is 55.7 Å². The van der Waals surface area contributed by atoms with Gasteiger partial charge < -0.3 is 0 Å². The molecule has 0 atom stereocenters. The fraction of sp³-hybridized carbons (Fsp3) is 0.167. The molecule has 0 amide bonds. The molecule has 0 aromatic carbocycles. The number of hydrogen-bond donors (Lipinski definition) is 0. The van der Waals surface area contributed by atoms with Crippen LogP contribution in [0.5, 0.6) is 0 Å². The Kier molecular flexibility index (Phi) is 3.71. The lowest BCUT2D eigenvalue weighted by Crippen LogP contribution is -2.11. The van der Waals surface area contributed by atoms with Crippen molar-refractivity contribution >= 4 is 17.4 Å². The van der Waals surface area contributed by atoms with Gasteiger partial charge in [-0.25, -0.2) is 9.97 Å². The molecular formula is C12H7ClF3N3O. The second-order valence-corrected chi connectivity index (χ2v) is 4.26. The molecule has 0 radical (unpaired) electrons. The van der Waals surface area contributed by atoms with Crippen LogP contribution in [0, 0.1) is 6.92 Å². The molecule has 0 bridgehead atoms. The van der Waals surface area contributed by atoms with Gasteiger partial charge in [0.2, 0.25) is 5.78 Å². The van der Waals surface area contributed by atoms with Crippen molar-refractivity contribution in [1.29, 1.82) is 0 Å². The van der Waals surface area contributed by atoms with Crippen LogP contribution in [0.2, 0.25) is 5.15 Å². The minimum atomic E-state index is -4.62. The van der Waals surface area contributed by atoms with E-state index in [-0.39, 0.29) is 11.3 Å². The van der Waals surface area contributed by atoms with E-state index in [9.17, 15) is 18.0 Å². The average Bonchev–Trinajstić information content (AvgIpc) is 2.37. The summed E-state index contributed by atoms with van der Waals surface area (Å²) >= 11 is 5.63. The Morgan fingerprint density at radius 2 is 1.90 bits per heavy atom. The number of aryl methyl sites for hydroxylation is 1. The monoisotopic (exact) mass is 301 g/mol. The predicted octanol–water partition coefficient (Wildman–Crippen LogP) is 3.08. The number of hydrogen-bond acceptors (Lipinski definition) is 4. The molecule has 2 aromatic heterocycles. The van der Waals surface area contributed by atoms with Gasteiger partial charge in [-0.3, -0.25) is 9.78 Å². The number of alkyl halides is 3. The van der Waals surface area contributed by atoms with Crippen molar-refractivity contribution in [2.75, 3.05) is 0 Å². The molecule has 4 nitrogen and oxygen atoms in total. The van der Waals surface area contributed by atoms with Crippen LogP contribution in [0.25, 0.3) is 0 Å². The molecular weight excluding hydrogens is 295 g/mol. The van der Waals surface area contributed by atoms with Crippen molar-refractivity contribution in [2.45, 2.75) is 13.1 Å². The van der Waals surface area contributed by atoms with E-state index in [0.29, 0.717) is 11.8 Å². The van der Waals surface area contributed by atoms with Gasteiger partial charge in [-0.1, -0.05) is 11.6 Å². The van der Waals surface area contributed by atoms with Crippen LogP contribution in [0.3, 0.4) is 0 Å². The molecule has 2 heterocycles. The van der Waals surface area contributed by atoms with Crippen LogP contribution in [0.4, 0.5) is 13.2 Å². The lowest BCUT2D eigenvalue weighted by atomic mass is 10.1. The van der Waals surface area contributed by atoms with Crippen molar-refractivity contribution in [3.63, 3.8) is 0 Å². The third kappa shape index (κ3) is 2.93. The summed E-state index contributed by atoms with van der Waals surface area (Å²) in [5.74, 6) is -0.635. The predicted molar refractivity (Wildman–Crippen MR) is 64.5 cm³/mol. The maximum absolute atomic E-state index is 12.4. The van der Waals surface area contributed by atoms with E-state index in [1.807, 2.05) is 0 Å². The van der Waals surface area contributed by atoms with E-state index in [0.717, 1.165) is 6.07 Å². The van der Waals surface area contributed by atoms with Crippen molar-refractivity contribution in [3.8, 4) is 0 Å². The standard InChI is InChI=1S/C12H7ClF3N3O/c1-6-4-18-8(5-17-6)10(20)7-2-3-9(12(14,15)16)19-11(7)13/h2-5H,1H3. The zero-order chi connectivity index (χ0) is 14.9. The number of nitrogens with zero attached hydrogens (tertiary/aromatic N) is 3. The Bertz CT molecular complexity index is 656. The molecule has 8 heteroatoms. The van der Waals surface area contributed by atoms with Gasteiger partial charge in [0.1, 0.15) is 16.5 Å². The Morgan fingerprint density at radius 3 is 2.40 bits per heavy atom. The lowest BCUT2D eigenvalue weighted by Gasteiger charge is -2.08. The van der Waals surface area contributed by atoms with Gasteiger partial charge in [-0.05, 0) is 19.1 Å². The SMILES string of the molecule is Cc1cnc(C(=O)c2ccc(C(F)(F)F)nc2Cl)cn1. The molecule has 0 saturated heterocycles. The van der Waals surface area contributed by atoms with E-state index in [1.165, 1.54) is 12.4 Å². The minimum Gasteiger partial charge on any atom is -0.287 e. The zero-order valence-electron chi connectivity index (χ0n) is 10.1. The Hall–Kier alpha value is -2.02. The van der Waals surface area contributed by atoms with Crippen LogP contribution in [-0.2, 0) is 6.18 Å². The second kappa shape index (κ2) is 5.16. The molecule has 2 aromatic rings. The largest absolute Gasteiger partial charge is 0.433 e. The van der Waals surface area contributed by atoms with Crippen molar-refractivity contribution in [3.05, 3.63) is 52.3 Å². The van der Waals surface area contributed by atoms with Crippen LogP contribution in [0.1, 0.15) is 27.4 Å². The zero-order valence-corrected chi connectivity index (χ0v) is 10.8. The summed E-state index contributed by atoms with van der Waals surface area (Å²) in [5, 5.41) is -0.521. The number of carbonyl (C=O) groups excluding carboxylic acids is 1. The Balaban J connectivity index is 2.38. The van der Waals surface area contributed by atoms with E-state index >= 15 is 0 Å². The van der Waals surface area contributed by atoms with E-state index in [4.69, 9.17) is 11.6 Å². The second-order valence-electron chi connectivity index (χ2n) is 3.90. The molecule has 0 fully saturated rings. The molecule has 104 valence electrons. The number of rotatable bonds is 2. The van der Waals surface area contributed by atoms with Crippen molar-refractivity contribution in [2.24, 2.45) is 0 Å². The summed E-state index contributed by atoms with van der Waals surface area (Å²) in [4.78, 5) is 22.9. The fourth-order valence-corrected chi connectivity index (χ4v) is 1.65. The molecule has 2 rings (SSSR count). The summed E-state index contributed by atoms with van der Waals surface area (Å²) in [7, 11) is 0. The third-order valence-electron chi connectivity index (χ3n) is 2.40. The van der Waals surface area contributed by atoms with Crippen molar-refractivity contribution < 1.29 is 18.0 Å². The highest BCUT2D eigenvalue weighted by Gasteiger charge is 2.33. The first kappa shape index (κ1) is 14.4. The Labute approximate surface area is 116 Å². The molecule has 0 saturated carbocycles. The van der Waals surface area contributed by atoms with E-state index < -0.39 is 22.8 Å². The third-order valence-corrected chi connectivity index (χ3v) is 2.69. The fourth-order valence-electron chi connectivity index (χ4n) is 1.41. The van der Waals surface area contributed by atoms with Crippen LogP contribution >= 0.6 is 11.6 Å². The number of carbonyl (C=O) groups is 1. The van der Waals surface area contributed by atoms with Crippen LogP contribution < -0.4 is 0 Å². The molecule has 0 aliphatic carbocycles. The highest BCUT2D eigenvalue weighted by atomic mass is 35.5. The molecule has 0 spiro atoms. The molecule has 0 aliphatic heterocycles. The number of pyridine rings is 1. The van der Waals surface area contributed by atoms with Crippen LogP contribution in [-0.4, -0.2) is 20.7 Å². The van der Waals surface area contributed by atoms with Gasteiger partial charge in [0.25, 0.3) is 0 Å². The summed E-state index contributed by atoms with van der Waals surface area (Å²) in [5.41, 5.74) is -0.718. The number of aromatic nitrogens is 3. The first-order chi connectivity index (χ1) is 9.29. The van der Waals surface area contributed by atoms with Crippen molar-refractivity contribution in [1.82, 2.24) is 15.0 Å². The molecule has 0 aliphatic rings. The molecule has 20 heavy (non-hydrogen) atoms. The van der Waals surface area contributed by atoms with Crippen LogP contribution in [0.15, 0.2) is 24.5 Å². The lowest BCUT2D eigenvalue weighted by molar-refractivity contribution is -0.141. The number of ketones is 1. The first-order valence-corrected chi connectivity index (χ1v) is 5.74. The van der Waals surface area contributed by atoms with Gasteiger partial charge in [0.05, 0.1) is 17.5 Å². The van der Waals surface area contributed by atoms with Gasteiger partial charge in [-0.15, -0.1) is 0 Å². The molecule has 0 unspecified atom stereocenters. The number of halogens is 4. The summed E-state index contributed by atoms with van der Waals surface area (Å²) in [6.45, 7) is 1.69. The maximum Gasteiger partial charge on any atom is 0.433 e. The van der Waals surface area contributed by atoms with Gasteiger partial charge in [-0.2, -0.15) is 13.2 Å². The molecule has 0 N–H and O–H groups in total. The normalized spacial score (nSPS) is 11.4. The smallest absolute Gasteiger partial charge is 0.287 e. The summed E-state index contributed by atoms with van der Waals surface area (Å²) in [6, 6.07) is 1.67. The van der Waals surface area contributed by atoms with E-state index in [2.05, 4.69) is 15.0 Å². The highest BCUT2D eigenvalue weighted by Crippen LogP contribution is 2.29. The van der Waals surface area contributed by atoms with Gasteiger partial charge in [0.15, 0.2) is 0 Å². The maximum atomic E-state index is 12.4. The minimum absolute atomic E-state index is 0.0148. The average molecular weight is 302 g/mol. The summed E-state index contributed by atoms with van der Waals surface area (Å²) < 4.78 is 37.3. The highest BCUT2D eigenvalue weighted by molar-refractivity contribution is 6.33. The van der Waals surface area contributed by atoms with E-state index in [1.54, 1.807) is 6.92 Å². The Morgan fingerprint density at radius 1 is 1.20 bits per heavy atom. The van der Waals surface area contributed by atoms with Gasteiger partial charge >= 0.3 is 6.18 Å². The quantitative estimate of drug-likeness (QED) is 0.632. The first-order valence-electron chi connectivity index (χ1n) is 5.36.